The highest BCUT2D eigenvalue weighted by atomic mass is 32.2. The topological polar surface area (TPSA) is 76.6 Å². The first-order valence-electron chi connectivity index (χ1n) is 8.53. The molecule has 0 bridgehead atoms. The van der Waals surface area contributed by atoms with Gasteiger partial charge in [-0.25, -0.2) is 13.4 Å². The number of nitrogens with zero attached hydrogens (tertiary/aromatic N) is 2. The predicted molar refractivity (Wildman–Crippen MR) is 102 cm³/mol. The Hall–Kier alpha value is -1.93. The van der Waals surface area contributed by atoms with E-state index in [0.717, 1.165) is 16.3 Å². The molecule has 1 aromatic carbocycles. The molecule has 0 radical (unpaired) electrons. The Morgan fingerprint density at radius 3 is 2.62 bits per heavy atom. The summed E-state index contributed by atoms with van der Waals surface area (Å²) >= 11 is 1.59. The lowest BCUT2D eigenvalue weighted by Crippen LogP contribution is -2.43. The zero-order valence-corrected chi connectivity index (χ0v) is 16.5. The molecule has 1 amide bonds. The van der Waals surface area contributed by atoms with Crippen molar-refractivity contribution in [2.24, 2.45) is 0 Å². The van der Waals surface area contributed by atoms with Gasteiger partial charge >= 0.3 is 0 Å². The Balaban J connectivity index is 1.58. The van der Waals surface area contributed by atoms with Crippen LogP contribution in [0.4, 0.5) is 0 Å². The summed E-state index contributed by atoms with van der Waals surface area (Å²) in [6, 6.07) is 7.22. The molecule has 0 N–H and O–H groups in total. The standard InChI is InChI=1S/C18H22N2O4S2/c1-3-20(15-8-9-26(22,23)12-15)17(21)10-24-16-6-4-14(5-7-16)18-19-13(2)11-25-18/h4-7,11,15H,3,8-10,12H2,1-2H3/t15-/m0/s1. The van der Waals surface area contributed by atoms with E-state index in [9.17, 15) is 13.2 Å². The normalized spacial score (nSPS) is 18.6. The smallest absolute Gasteiger partial charge is 0.260 e. The van der Waals surface area contributed by atoms with Crippen LogP contribution in [0.25, 0.3) is 10.6 Å². The van der Waals surface area contributed by atoms with Crippen LogP contribution in [0.3, 0.4) is 0 Å². The molecule has 1 aromatic heterocycles. The fourth-order valence-electron chi connectivity index (χ4n) is 3.07. The van der Waals surface area contributed by atoms with Crippen LogP contribution in [0.1, 0.15) is 19.0 Å². The molecule has 2 aromatic rings. The zero-order valence-electron chi connectivity index (χ0n) is 14.8. The molecule has 1 atom stereocenters. The van der Waals surface area contributed by atoms with Crippen LogP contribution in [0.15, 0.2) is 29.6 Å². The minimum atomic E-state index is -3.02. The van der Waals surface area contributed by atoms with E-state index in [0.29, 0.717) is 18.7 Å². The molecule has 2 heterocycles. The third-order valence-corrected chi connectivity index (χ3v) is 7.15. The highest BCUT2D eigenvalue weighted by Gasteiger charge is 2.33. The van der Waals surface area contributed by atoms with Gasteiger partial charge in [0.2, 0.25) is 0 Å². The number of hydrogen-bond acceptors (Lipinski definition) is 6. The molecular formula is C18H22N2O4S2. The van der Waals surface area contributed by atoms with Crippen molar-refractivity contribution in [1.29, 1.82) is 0 Å². The lowest BCUT2D eigenvalue weighted by atomic mass is 10.2. The largest absolute Gasteiger partial charge is 0.484 e. The lowest BCUT2D eigenvalue weighted by Gasteiger charge is -2.26. The number of likely N-dealkylation sites (N-methyl/N-ethyl adjacent to an activating group) is 1. The summed E-state index contributed by atoms with van der Waals surface area (Å²) in [5.74, 6) is 0.619. The Morgan fingerprint density at radius 2 is 2.08 bits per heavy atom. The van der Waals surface area contributed by atoms with Crippen LogP contribution in [-0.2, 0) is 14.6 Å². The molecular weight excluding hydrogens is 372 g/mol. The fraction of sp³-hybridized carbons (Fsp3) is 0.444. The molecule has 0 unspecified atom stereocenters. The molecule has 1 saturated heterocycles. The number of ether oxygens (including phenoxy) is 1. The second-order valence-electron chi connectivity index (χ2n) is 6.34. The second kappa shape index (κ2) is 7.75. The van der Waals surface area contributed by atoms with Crippen molar-refractivity contribution in [3.8, 4) is 16.3 Å². The summed E-state index contributed by atoms with van der Waals surface area (Å²) in [5.41, 5.74) is 2.00. The van der Waals surface area contributed by atoms with Gasteiger partial charge in [-0.3, -0.25) is 4.79 Å². The Bertz CT molecular complexity index is 875. The van der Waals surface area contributed by atoms with Gasteiger partial charge in [-0.1, -0.05) is 0 Å². The summed E-state index contributed by atoms with van der Waals surface area (Å²) in [6.07, 6.45) is 0.504. The maximum atomic E-state index is 12.4. The maximum Gasteiger partial charge on any atom is 0.260 e. The molecule has 0 aliphatic carbocycles. The van der Waals surface area contributed by atoms with Crippen LogP contribution in [0, 0.1) is 6.92 Å². The first-order valence-corrected chi connectivity index (χ1v) is 11.2. The molecule has 1 fully saturated rings. The summed E-state index contributed by atoms with van der Waals surface area (Å²) in [4.78, 5) is 18.5. The van der Waals surface area contributed by atoms with Gasteiger partial charge in [0.15, 0.2) is 16.4 Å². The number of hydrogen-bond donors (Lipinski definition) is 0. The van der Waals surface area contributed by atoms with Crippen LogP contribution in [0.2, 0.25) is 0 Å². The van der Waals surface area contributed by atoms with Gasteiger partial charge in [0.1, 0.15) is 10.8 Å². The summed E-state index contributed by atoms with van der Waals surface area (Å²) in [7, 11) is -3.02. The van der Waals surface area contributed by atoms with Gasteiger partial charge in [0, 0.05) is 29.2 Å². The average Bonchev–Trinajstić information content (AvgIpc) is 3.20. The van der Waals surface area contributed by atoms with E-state index in [1.54, 1.807) is 16.2 Å². The van der Waals surface area contributed by atoms with E-state index in [1.807, 2.05) is 43.5 Å². The number of carbonyl (C=O) groups is 1. The van der Waals surface area contributed by atoms with Crippen molar-refractivity contribution in [2.45, 2.75) is 26.3 Å². The zero-order chi connectivity index (χ0) is 18.7. The van der Waals surface area contributed by atoms with Crippen molar-refractivity contribution in [2.75, 3.05) is 24.7 Å². The van der Waals surface area contributed by atoms with Gasteiger partial charge < -0.3 is 9.64 Å². The number of benzene rings is 1. The minimum absolute atomic E-state index is 0.0501. The molecule has 1 aliphatic heterocycles. The van der Waals surface area contributed by atoms with Gasteiger partial charge in [-0.05, 0) is 44.5 Å². The molecule has 0 spiro atoms. The molecule has 3 rings (SSSR count). The highest BCUT2D eigenvalue weighted by molar-refractivity contribution is 7.91. The first kappa shape index (κ1) is 18.8. The van der Waals surface area contributed by atoms with Gasteiger partial charge in [0.25, 0.3) is 5.91 Å². The number of carbonyl (C=O) groups excluding carboxylic acids is 1. The molecule has 0 saturated carbocycles. The molecule has 6 nitrogen and oxygen atoms in total. The Kier molecular flexibility index (Phi) is 5.62. The average molecular weight is 395 g/mol. The monoisotopic (exact) mass is 394 g/mol. The van der Waals surface area contributed by atoms with Crippen molar-refractivity contribution < 1.29 is 17.9 Å². The predicted octanol–water partition coefficient (Wildman–Crippen LogP) is 2.53. The van der Waals surface area contributed by atoms with Crippen LogP contribution >= 0.6 is 11.3 Å². The quantitative estimate of drug-likeness (QED) is 0.752. The van der Waals surface area contributed by atoms with Gasteiger partial charge in [-0.2, -0.15) is 0 Å². The van der Waals surface area contributed by atoms with Crippen molar-refractivity contribution in [3.05, 3.63) is 35.3 Å². The van der Waals surface area contributed by atoms with E-state index >= 15 is 0 Å². The first-order chi connectivity index (χ1) is 12.4. The fourth-order valence-corrected chi connectivity index (χ4v) is 5.60. The van der Waals surface area contributed by atoms with Crippen molar-refractivity contribution in [3.63, 3.8) is 0 Å². The number of amides is 1. The van der Waals surface area contributed by atoms with Crippen LogP contribution in [-0.4, -0.2) is 54.9 Å². The minimum Gasteiger partial charge on any atom is -0.484 e. The van der Waals surface area contributed by atoms with E-state index in [4.69, 9.17) is 4.74 Å². The molecule has 1 aliphatic rings. The van der Waals surface area contributed by atoms with Crippen LogP contribution in [0.5, 0.6) is 5.75 Å². The van der Waals surface area contributed by atoms with Crippen LogP contribution < -0.4 is 4.74 Å². The van der Waals surface area contributed by atoms with Gasteiger partial charge in [0.05, 0.1) is 11.5 Å². The Labute approximate surface area is 157 Å². The third kappa shape index (κ3) is 4.42. The highest BCUT2D eigenvalue weighted by Crippen LogP contribution is 2.25. The maximum absolute atomic E-state index is 12.4. The summed E-state index contributed by atoms with van der Waals surface area (Å²) < 4.78 is 28.9. The molecule has 26 heavy (non-hydrogen) atoms. The number of rotatable bonds is 6. The van der Waals surface area contributed by atoms with E-state index in [1.165, 1.54) is 0 Å². The van der Waals surface area contributed by atoms with Gasteiger partial charge in [-0.15, -0.1) is 11.3 Å². The lowest BCUT2D eigenvalue weighted by molar-refractivity contribution is -0.135. The second-order valence-corrected chi connectivity index (χ2v) is 9.43. The number of thiazole rings is 1. The summed E-state index contributed by atoms with van der Waals surface area (Å²) in [5, 5.41) is 2.95. The number of sulfone groups is 1. The van der Waals surface area contributed by atoms with E-state index in [-0.39, 0.29) is 30.1 Å². The number of aromatic nitrogens is 1. The third-order valence-electron chi connectivity index (χ3n) is 4.39. The molecule has 8 heteroatoms. The SMILES string of the molecule is CCN(C(=O)COc1ccc(-c2nc(C)cs2)cc1)[C@H]1CCS(=O)(=O)C1. The summed E-state index contributed by atoms with van der Waals surface area (Å²) in [6.45, 7) is 4.19. The Morgan fingerprint density at radius 1 is 1.35 bits per heavy atom. The van der Waals surface area contributed by atoms with E-state index < -0.39 is 9.84 Å². The molecule has 140 valence electrons. The van der Waals surface area contributed by atoms with E-state index in [2.05, 4.69) is 4.98 Å². The number of aryl methyl sites for hydroxylation is 1. The van der Waals surface area contributed by atoms with Crippen molar-refractivity contribution in [1.82, 2.24) is 9.88 Å². The van der Waals surface area contributed by atoms with Crippen molar-refractivity contribution >= 4 is 27.1 Å².